The van der Waals surface area contributed by atoms with Gasteiger partial charge in [-0.15, -0.1) is 0 Å². The monoisotopic (exact) mass is 249 g/mol. The molecule has 2 rings (SSSR count). The van der Waals surface area contributed by atoms with Gasteiger partial charge in [0.05, 0.1) is 11.2 Å². The Morgan fingerprint density at radius 2 is 2.00 bits per heavy atom. The molecule has 84 valence electrons. The van der Waals surface area contributed by atoms with Crippen LogP contribution in [0.4, 0.5) is 0 Å². The number of rotatable bonds is 2. The molecule has 1 aromatic heterocycles. The van der Waals surface area contributed by atoms with Crippen LogP contribution in [0.25, 0.3) is 0 Å². The molecule has 0 spiro atoms. The summed E-state index contributed by atoms with van der Waals surface area (Å²) in [6.45, 7) is 1.15. The summed E-state index contributed by atoms with van der Waals surface area (Å²) in [5, 5.41) is 4.11. The fourth-order valence-corrected chi connectivity index (χ4v) is 3.86. The first-order valence-corrected chi connectivity index (χ1v) is 6.53. The van der Waals surface area contributed by atoms with Gasteiger partial charge in [0, 0.05) is 20.1 Å². The van der Waals surface area contributed by atoms with Gasteiger partial charge in [-0.25, -0.2) is 8.42 Å². The maximum atomic E-state index is 12.1. The van der Waals surface area contributed by atoms with Gasteiger partial charge < -0.3 is 0 Å². The van der Waals surface area contributed by atoms with Crippen molar-refractivity contribution in [2.75, 3.05) is 13.1 Å². The van der Waals surface area contributed by atoms with Crippen molar-refractivity contribution in [3.05, 3.63) is 11.2 Å². The van der Waals surface area contributed by atoms with Crippen molar-refractivity contribution >= 4 is 21.6 Å². The highest BCUT2D eigenvalue weighted by Crippen LogP contribution is 2.25. The van der Waals surface area contributed by atoms with Crippen LogP contribution in [0.3, 0.4) is 0 Å². The van der Waals surface area contributed by atoms with Crippen molar-refractivity contribution in [1.29, 1.82) is 0 Å². The van der Waals surface area contributed by atoms with Crippen molar-refractivity contribution < 1.29 is 8.42 Å². The summed E-state index contributed by atoms with van der Waals surface area (Å²) < 4.78 is 27.0. The number of halogens is 1. The molecule has 0 amide bonds. The van der Waals surface area contributed by atoms with Gasteiger partial charge in [-0.1, -0.05) is 11.6 Å². The van der Waals surface area contributed by atoms with Gasteiger partial charge in [-0.05, 0) is 12.8 Å². The van der Waals surface area contributed by atoms with E-state index in [0.29, 0.717) is 13.1 Å². The number of sulfonamides is 1. The molecule has 1 fully saturated rings. The van der Waals surface area contributed by atoms with Crippen molar-refractivity contribution in [2.45, 2.75) is 17.9 Å². The fourth-order valence-electron chi connectivity index (χ4n) is 1.74. The van der Waals surface area contributed by atoms with E-state index >= 15 is 0 Å². The van der Waals surface area contributed by atoms with E-state index in [1.807, 2.05) is 0 Å². The third kappa shape index (κ3) is 1.77. The van der Waals surface area contributed by atoms with Crippen molar-refractivity contribution in [3.8, 4) is 0 Å². The minimum Gasteiger partial charge on any atom is -0.255 e. The molecule has 15 heavy (non-hydrogen) atoms. The summed E-state index contributed by atoms with van der Waals surface area (Å²) in [6.07, 6.45) is 3.17. The van der Waals surface area contributed by atoms with E-state index in [4.69, 9.17) is 11.6 Å². The Hall–Kier alpha value is -0.590. The lowest BCUT2D eigenvalue weighted by molar-refractivity contribution is 0.467. The molecule has 1 saturated heterocycles. The second-order valence-corrected chi connectivity index (χ2v) is 5.79. The van der Waals surface area contributed by atoms with Gasteiger partial charge in [-0.3, -0.25) is 4.68 Å². The summed E-state index contributed by atoms with van der Waals surface area (Å²) >= 11 is 5.82. The maximum Gasteiger partial charge on any atom is 0.261 e. The molecule has 1 aliphatic heterocycles. The topological polar surface area (TPSA) is 55.2 Å². The zero-order valence-corrected chi connectivity index (χ0v) is 9.92. The highest BCUT2D eigenvalue weighted by atomic mass is 35.5. The molecule has 0 radical (unpaired) electrons. The quantitative estimate of drug-likeness (QED) is 0.781. The molecule has 0 N–H and O–H groups in total. The maximum absolute atomic E-state index is 12.1. The number of aryl methyl sites for hydroxylation is 1. The predicted molar refractivity (Wildman–Crippen MR) is 56.2 cm³/mol. The van der Waals surface area contributed by atoms with Crippen LogP contribution in [0, 0.1) is 0 Å². The molecule has 0 aliphatic carbocycles. The van der Waals surface area contributed by atoms with E-state index in [1.54, 1.807) is 7.05 Å². The van der Waals surface area contributed by atoms with Crippen LogP contribution in [0.2, 0.25) is 5.02 Å². The van der Waals surface area contributed by atoms with E-state index < -0.39 is 10.0 Å². The normalized spacial score (nSPS) is 18.5. The van der Waals surface area contributed by atoms with Gasteiger partial charge in [0.25, 0.3) is 10.0 Å². The fraction of sp³-hybridized carbons (Fsp3) is 0.625. The van der Waals surface area contributed by atoms with E-state index in [0.717, 1.165) is 12.8 Å². The van der Waals surface area contributed by atoms with E-state index in [-0.39, 0.29) is 10.0 Å². The van der Waals surface area contributed by atoms with Crippen molar-refractivity contribution in [2.24, 2.45) is 7.05 Å². The molecule has 0 atom stereocenters. The average Bonchev–Trinajstić information content (AvgIpc) is 2.75. The molecule has 0 aromatic carbocycles. The molecule has 1 aromatic rings. The molecule has 7 heteroatoms. The second-order valence-electron chi connectivity index (χ2n) is 3.53. The van der Waals surface area contributed by atoms with E-state index in [1.165, 1.54) is 15.2 Å². The van der Waals surface area contributed by atoms with Gasteiger partial charge in [-0.2, -0.15) is 9.40 Å². The van der Waals surface area contributed by atoms with Gasteiger partial charge >= 0.3 is 0 Å². The Kier molecular flexibility index (Phi) is 2.74. The van der Waals surface area contributed by atoms with E-state index in [2.05, 4.69) is 5.10 Å². The highest BCUT2D eigenvalue weighted by Gasteiger charge is 2.31. The Morgan fingerprint density at radius 3 is 2.47 bits per heavy atom. The first-order chi connectivity index (χ1) is 7.03. The van der Waals surface area contributed by atoms with Crippen LogP contribution in [-0.2, 0) is 17.1 Å². The number of aromatic nitrogens is 2. The lowest BCUT2D eigenvalue weighted by Gasteiger charge is -2.15. The predicted octanol–water partition coefficient (Wildman–Crippen LogP) is 0.858. The van der Waals surface area contributed by atoms with Crippen LogP contribution in [-0.4, -0.2) is 35.6 Å². The Morgan fingerprint density at radius 1 is 1.40 bits per heavy atom. The molecule has 2 heterocycles. The Bertz CT molecular complexity index is 443. The average molecular weight is 250 g/mol. The second kappa shape index (κ2) is 3.77. The largest absolute Gasteiger partial charge is 0.261 e. The van der Waals surface area contributed by atoms with E-state index in [9.17, 15) is 8.42 Å². The number of nitrogens with zero attached hydrogens (tertiary/aromatic N) is 3. The summed E-state index contributed by atoms with van der Waals surface area (Å²) in [7, 11) is -1.88. The standard InChI is InChI=1S/C8H12ClN3O2S/c1-11-8(7(9)6-10-11)15(13,14)12-4-2-3-5-12/h6H,2-5H2,1H3. The summed E-state index contributed by atoms with van der Waals surface area (Å²) in [5.41, 5.74) is 0. The summed E-state index contributed by atoms with van der Waals surface area (Å²) in [4.78, 5) is 0. The van der Waals surface area contributed by atoms with Gasteiger partial charge in [0.15, 0.2) is 5.03 Å². The number of hydrogen-bond acceptors (Lipinski definition) is 3. The Balaban J connectivity index is 2.45. The highest BCUT2D eigenvalue weighted by molar-refractivity contribution is 7.89. The molecule has 0 saturated carbocycles. The van der Waals surface area contributed by atoms with Crippen molar-refractivity contribution in [1.82, 2.24) is 14.1 Å². The third-order valence-corrected chi connectivity index (χ3v) is 4.90. The Labute approximate surface area is 93.7 Å². The number of hydrogen-bond donors (Lipinski definition) is 0. The van der Waals surface area contributed by atoms with Crippen LogP contribution in [0.1, 0.15) is 12.8 Å². The molecular weight excluding hydrogens is 238 g/mol. The third-order valence-electron chi connectivity index (χ3n) is 2.49. The molecular formula is C8H12ClN3O2S. The summed E-state index contributed by atoms with van der Waals surface area (Å²) in [5.74, 6) is 0. The molecule has 5 nitrogen and oxygen atoms in total. The summed E-state index contributed by atoms with van der Waals surface area (Å²) in [6, 6.07) is 0. The van der Waals surface area contributed by atoms with Gasteiger partial charge in [0.2, 0.25) is 0 Å². The van der Waals surface area contributed by atoms with Crippen LogP contribution in [0.5, 0.6) is 0 Å². The van der Waals surface area contributed by atoms with Crippen LogP contribution >= 0.6 is 11.6 Å². The van der Waals surface area contributed by atoms with Crippen molar-refractivity contribution in [3.63, 3.8) is 0 Å². The first-order valence-electron chi connectivity index (χ1n) is 4.71. The minimum atomic E-state index is -3.45. The lowest BCUT2D eigenvalue weighted by atomic mass is 10.4. The zero-order valence-electron chi connectivity index (χ0n) is 8.35. The lowest BCUT2D eigenvalue weighted by Crippen LogP contribution is -2.29. The zero-order chi connectivity index (χ0) is 11.1. The molecule has 1 aliphatic rings. The minimum absolute atomic E-state index is 0.0890. The van der Waals surface area contributed by atoms with Crippen LogP contribution in [0.15, 0.2) is 11.2 Å². The SMILES string of the molecule is Cn1ncc(Cl)c1S(=O)(=O)N1CCCC1. The first kappa shape index (κ1) is 10.9. The van der Waals surface area contributed by atoms with Crippen LogP contribution < -0.4 is 0 Å². The smallest absolute Gasteiger partial charge is 0.255 e. The molecule has 0 bridgehead atoms. The molecule has 0 unspecified atom stereocenters. The van der Waals surface area contributed by atoms with Gasteiger partial charge in [0.1, 0.15) is 0 Å².